The average Bonchev–Trinajstić information content (AvgIpc) is 3.14. The van der Waals surface area contributed by atoms with Crippen molar-refractivity contribution in [2.24, 2.45) is 11.8 Å². The number of hydrogen-bond acceptors (Lipinski definition) is 1. The smallest absolute Gasteiger partial charge is 0.313 e. The molecule has 0 aromatic heterocycles. The van der Waals surface area contributed by atoms with Crippen molar-refractivity contribution in [1.82, 2.24) is 5.32 Å². The first-order chi connectivity index (χ1) is 8.84. The molecular weight excluding hydrogens is 251 g/mol. The van der Waals surface area contributed by atoms with Crippen LogP contribution in [0.3, 0.4) is 0 Å². The molecule has 19 heavy (non-hydrogen) atoms. The van der Waals surface area contributed by atoms with Crippen molar-refractivity contribution in [3.8, 4) is 0 Å². The Bertz CT molecular complexity index is 449. The minimum atomic E-state index is -4.26. The molecule has 4 heteroatoms. The van der Waals surface area contributed by atoms with Crippen molar-refractivity contribution in [2.75, 3.05) is 7.05 Å². The van der Waals surface area contributed by atoms with Crippen LogP contribution in [0.1, 0.15) is 42.5 Å². The summed E-state index contributed by atoms with van der Waals surface area (Å²) < 4.78 is 38.0. The van der Waals surface area contributed by atoms with Crippen molar-refractivity contribution in [1.29, 1.82) is 0 Å². The first-order valence-corrected chi connectivity index (χ1v) is 6.69. The maximum Gasteiger partial charge on any atom is 0.416 e. The molecule has 1 fully saturated rings. The van der Waals surface area contributed by atoms with Gasteiger partial charge in [0.15, 0.2) is 0 Å². The highest BCUT2D eigenvalue weighted by molar-refractivity contribution is 5.35. The van der Waals surface area contributed by atoms with Gasteiger partial charge in [0, 0.05) is 6.04 Å². The molecule has 0 aliphatic heterocycles. The van der Waals surface area contributed by atoms with Crippen LogP contribution in [-0.4, -0.2) is 7.05 Å². The van der Waals surface area contributed by atoms with Crippen LogP contribution in [0.2, 0.25) is 0 Å². The highest BCUT2D eigenvalue weighted by Crippen LogP contribution is 2.43. The first-order valence-electron chi connectivity index (χ1n) is 6.69. The molecule has 1 saturated carbocycles. The minimum Gasteiger partial charge on any atom is -0.313 e. The zero-order valence-electron chi connectivity index (χ0n) is 11.5. The van der Waals surface area contributed by atoms with E-state index in [0.29, 0.717) is 17.4 Å². The molecule has 0 heterocycles. The van der Waals surface area contributed by atoms with Crippen molar-refractivity contribution >= 4 is 0 Å². The molecule has 2 atom stereocenters. The molecule has 1 nitrogen and oxygen atoms in total. The topological polar surface area (TPSA) is 12.0 Å². The van der Waals surface area contributed by atoms with E-state index < -0.39 is 11.7 Å². The molecule has 1 aromatic rings. The average molecular weight is 271 g/mol. The van der Waals surface area contributed by atoms with E-state index in [1.807, 2.05) is 7.05 Å². The van der Waals surface area contributed by atoms with Gasteiger partial charge in [-0.15, -0.1) is 0 Å². The maximum absolute atomic E-state index is 12.7. The van der Waals surface area contributed by atoms with Crippen molar-refractivity contribution in [3.63, 3.8) is 0 Å². The second-order valence-electron chi connectivity index (χ2n) is 5.53. The van der Waals surface area contributed by atoms with E-state index in [1.165, 1.54) is 25.0 Å². The summed E-state index contributed by atoms with van der Waals surface area (Å²) in [5.74, 6) is 1.17. The van der Waals surface area contributed by atoms with Crippen LogP contribution >= 0.6 is 0 Å². The quantitative estimate of drug-likeness (QED) is 0.860. The molecule has 1 aliphatic carbocycles. The third-order valence-electron chi connectivity index (χ3n) is 4.13. The summed E-state index contributed by atoms with van der Waals surface area (Å²) in [6.45, 7) is 3.93. The van der Waals surface area contributed by atoms with Crippen LogP contribution in [0.5, 0.6) is 0 Å². The number of alkyl halides is 3. The third-order valence-corrected chi connectivity index (χ3v) is 4.13. The highest BCUT2D eigenvalue weighted by atomic mass is 19.4. The van der Waals surface area contributed by atoms with Crippen LogP contribution in [0.15, 0.2) is 18.2 Å². The number of rotatable bonds is 4. The van der Waals surface area contributed by atoms with Gasteiger partial charge in [-0.3, -0.25) is 0 Å². The van der Waals surface area contributed by atoms with Crippen molar-refractivity contribution in [3.05, 3.63) is 34.9 Å². The molecule has 0 bridgehead atoms. The van der Waals surface area contributed by atoms with E-state index in [1.54, 1.807) is 13.0 Å². The Morgan fingerprint density at radius 1 is 1.26 bits per heavy atom. The second-order valence-corrected chi connectivity index (χ2v) is 5.53. The number of aryl methyl sites for hydroxylation is 1. The second kappa shape index (κ2) is 5.16. The predicted molar refractivity (Wildman–Crippen MR) is 69.9 cm³/mol. The van der Waals surface area contributed by atoms with Crippen LogP contribution in [0.25, 0.3) is 0 Å². The molecule has 106 valence electrons. The molecule has 2 rings (SSSR count). The lowest BCUT2D eigenvalue weighted by molar-refractivity contribution is -0.137. The van der Waals surface area contributed by atoms with Crippen LogP contribution in [0, 0.1) is 18.8 Å². The lowest BCUT2D eigenvalue weighted by Crippen LogP contribution is -2.25. The summed E-state index contributed by atoms with van der Waals surface area (Å²) in [5.41, 5.74) is 1.12. The summed E-state index contributed by atoms with van der Waals surface area (Å²) in [6, 6.07) is 4.19. The van der Waals surface area contributed by atoms with Crippen molar-refractivity contribution in [2.45, 2.75) is 38.9 Å². The molecule has 1 N–H and O–H groups in total. The van der Waals surface area contributed by atoms with Gasteiger partial charge in [0.1, 0.15) is 0 Å². The zero-order valence-corrected chi connectivity index (χ0v) is 11.5. The van der Waals surface area contributed by atoms with Gasteiger partial charge in [0.2, 0.25) is 0 Å². The molecule has 2 unspecified atom stereocenters. The third kappa shape index (κ3) is 3.11. The molecule has 0 radical (unpaired) electrons. The van der Waals surface area contributed by atoms with E-state index in [4.69, 9.17) is 0 Å². The Kier molecular flexibility index (Phi) is 3.90. The minimum absolute atomic E-state index is 0.134. The molecule has 0 spiro atoms. The summed E-state index contributed by atoms with van der Waals surface area (Å²) in [4.78, 5) is 0. The fourth-order valence-electron chi connectivity index (χ4n) is 2.80. The van der Waals surface area contributed by atoms with E-state index in [2.05, 4.69) is 12.2 Å². The monoisotopic (exact) mass is 271 g/mol. The summed E-state index contributed by atoms with van der Waals surface area (Å²) in [5, 5.41) is 3.26. The lowest BCUT2D eigenvalue weighted by atomic mass is 9.87. The van der Waals surface area contributed by atoms with Gasteiger partial charge in [-0.25, -0.2) is 0 Å². The zero-order chi connectivity index (χ0) is 14.2. The Morgan fingerprint density at radius 3 is 2.32 bits per heavy atom. The first kappa shape index (κ1) is 14.4. The fraction of sp³-hybridized carbons (Fsp3) is 0.600. The maximum atomic E-state index is 12.7. The molecule has 1 aliphatic rings. The SMILES string of the molecule is CNC(c1ccc(C(F)(F)F)cc1C)C(C)C1CC1. The standard InChI is InChI=1S/C15H20F3N/c1-9-8-12(15(16,17)18)6-7-13(9)14(19-3)10(2)11-4-5-11/h6-8,10-11,14,19H,4-5H2,1-3H3. The molecular formula is C15H20F3N. The number of nitrogens with one attached hydrogen (secondary N) is 1. The van der Waals surface area contributed by atoms with E-state index in [9.17, 15) is 13.2 Å². The Labute approximate surface area is 112 Å². The molecule has 1 aromatic carbocycles. The number of halogens is 3. The summed E-state index contributed by atoms with van der Waals surface area (Å²) in [7, 11) is 1.88. The van der Waals surface area contributed by atoms with E-state index in [0.717, 1.165) is 5.56 Å². The van der Waals surface area contributed by atoms with Gasteiger partial charge in [-0.2, -0.15) is 13.2 Å². The van der Waals surface area contributed by atoms with Crippen LogP contribution in [-0.2, 0) is 6.18 Å². The summed E-state index contributed by atoms with van der Waals surface area (Å²) in [6.07, 6.45) is -1.79. The largest absolute Gasteiger partial charge is 0.416 e. The molecule has 0 saturated heterocycles. The van der Waals surface area contributed by atoms with Gasteiger partial charge in [0.25, 0.3) is 0 Å². The van der Waals surface area contributed by atoms with Crippen LogP contribution in [0.4, 0.5) is 13.2 Å². The Morgan fingerprint density at radius 2 is 1.89 bits per heavy atom. The van der Waals surface area contributed by atoms with Gasteiger partial charge < -0.3 is 5.32 Å². The Balaban J connectivity index is 2.28. The Hall–Kier alpha value is -1.03. The number of hydrogen-bond donors (Lipinski definition) is 1. The number of benzene rings is 1. The molecule has 0 amide bonds. The van der Waals surface area contributed by atoms with Gasteiger partial charge in [-0.1, -0.05) is 13.0 Å². The van der Waals surface area contributed by atoms with Crippen molar-refractivity contribution < 1.29 is 13.2 Å². The van der Waals surface area contributed by atoms with E-state index >= 15 is 0 Å². The van der Waals surface area contributed by atoms with Crippen LogP contribution < -0.4 is 5.32 Å². The summed E-state index contributed by atoms with van der Waals surface area (Å²) >= 11 is 0. The fourth-order valence-corrected chi connectivity index (χ4v) is 2.80. The van der Waals surface area contributed by atoms with Gasteiger partial charge in [0.05, 0.1) is 5.56 Å². The van der Waals surface area contributed by atoms with Gasteiger partial charge in [-0.05, 0) is 61.9 Å². The van der Waals surface area contributed by atoms with E-state index in [-0.39, 0.29) is 6.04 Å². The highest BCUT2D eigenvalue weighted by Gasteiger charge is 2.35. The lowest BCUT2D eigenvalue weighted by Gasteiger charge is -2.26. The normalized spacial score (nSPS) is 19.3. The predicted octanol–water partition coefficient (Wildman–Crippen LogP) is 4.32. The van der Waals surface area contributed by atoms with Gasteiger partial charge >= 0.3 is 6.18 Å².